The van der Waals surface area contributed by atoms with Crippen LogP contribution in [0.3, 0.4) is 0 Å². The summed E-state index contributed by atoms with van der Waals surface area (Å²) in [6.07, 6.45) is -1.39. The van der Waals surface area contributed by atoms with Gasteiger partial charge in [-0.05, 0) is 18.9 Å². The van der Waals surface area contributed by atoms with Crippen molar-refractivity contribution in [3.63, 3.8) is 0 Å². The Balaban J connectivity index is 1.65. The molecule has 1 fully saturated rings. The smallest absolute Gasteiger partial charge is 0.423 e. The van der Waals surface area contributed by atoms with Crippen LogP contribution in [0, 0.1) is 0 Å². The normalized spacial score (nSPS) is 15.3. The first-order chi connectivity index (χ1) is 9.52. The third-order valence-corrected chi connectivity index (χ3v) is 2.75. The van der Waals surface area contributed by atoms with Crippen LogP contribution in [-0.4, -0.2) is 20.2 Å². The van der Waals surface area contributed by atoms with Crippen molar-refractivity contribution in [1.29, 1.82) is 0 Å². The van der Waals surface area contributed by atoms with Gasteiger partial charge in [-0.15, -0.1) is 10.2 Å². The molecule has 0 aromatic carbocycles. The number of nitrogens with zero attached hydrogens (tertiary/aromatic N) is 4. The van der Waals surface area contributed by atoms with Crippen LogP contribution in [0.4, 0.5) is 19.1 Å². The Morgan fingerprint density at radius 3 is 2.80 bits per heavy atom. The molecule has 3 rings (SSSR count). The lowest BCUT2D eigenvalue weighted by molar-refractivity contribution is -0.141. The minimum absolute atomic E-state index is 0.0844. The quantitative estimate of drug-likeness (QED) is 0.929. The van der Waals surface area contributed by atoms with Gasteiger partial charge in [0.2, 0.25) is 17.7 Å². The van der Waals surface area contributed by atoms with Crippen molar-refractivity contribution in [2.45, 2.75) is 31.5 Å². The summed E-state index contributed by atoms with van der Waals surface area (Å²) in [6, 6.07) is 0.809. The van der Waals surface area contributed by atoms with E-state index < -0.39 is 11.9 Å². The van der Waals surface area contributed by atoms with Crippen LogP contribution in [0.2, 0.25) is 0 Å². The Morgan fingerprint density at radius 1 is 1.30 bits per heavy atom. The summed E-state index contributed by atoms with van der Waals surface area (Å²) in [7, 11) is 0. The van der Waals surface area contributed by atoms with Crippen molar-refractivity contribution < 1.29 is 17.6 Å². The third-order valence-electron chi connectivity index (χ3n) is 2.75. The molecular formula is C11H10F3N5O. The van der Waals surface area contributed by atoms with E-state index >= 15 is 0 Å². The van der Waals surface area contributed by atoms with E-state index in [0.29, 0.717) is 17.7 Å². The maximum absolute atomic E-state index is 12.5. The van der Waals surface area contributed by atoms with Crippen molar-refractivity contribution in [3.05, 3.63) is 29.7 Å². The number of hydrogen-bond donors (Lipinski definition) is 1. The third kappa shape index (κ3) is 2.86. The summed E-state index contributed by atoms with van der Waals surface area (Å²) in [6.45, 7) is 0.0844. The highest BCUT2D eigenvalue weighted by atomic mass is 19.4. The molecule has 0 radical (unpaired) electrons. The summed E-state index contributed by atoms with van der Waals surface area (Å²) in [5.41, 5.74) is -1.00. The lowest BCUT2D eigenvalue weighted by atomic mass is 10.4. The highest BCUT2D eigenvalue weighted by molar-refractivity contribution is 5.26. The van der Waals surface area contributed by atoms with E-state index in [0.717, 1.165) is 25.1 Å². The molecule has 2 heterocycles. The average Bonchev–Trinajstić information content (AvgIpc) is 3.15. The van der Waals surface area contributed by atoms with Gasteiger partial charge in [0, 0.05) is 12.1 Å². The Hall–Kier alpha value is -2.19. The molecule has 0 aliphatic heterocycles. The molecule has 0 bridgehead atoms. The molecule has 20 heavy (non-hydrogen) atoms. The Morgan fingerprint density at radius 2 is 2.10 bits per heavy atom. The number of hydrogen-bond acceptors (Lipinski definition) is 6. The standard InChI is InChI=1S/C11H10F3N5O/c12-11(13,14)7-3-4-15-10(17-7)16-5-8-18-19-9(20-8)6-1-2-6/h3-4,6H,1-2,5H2,(H,15,16,17). The zero-order chi connectivity index (χ0) is 14.2. The summed E-state index contributed by atoms with van der Waals surface area (Å²) >= 11 is 0. The fourth-order valence-corrected chi connectivity index (χ4v) is 1.59. The van der Waals surface area contributed by atoms with Crippen LogP contribution >= 0.6 is 0 Å². The van der Waals surface area contributed by atoms with Crippen molar-refractivity contribution in [2.75, 3.05) is 5.32 Å². The van der Waals surface area contributed by atoms with E-state index in [1.165, 1.54) is 0 Å². The van der Waals surface area contributed by atoms with E-state index in [-0.39, 0.29) is 12.5 Å². The summed E-state index contributed by atoms with van der Waals surface area (Å²) in [5, 5.41) is 10.3. The van der Waals surface area contributed by atoms with E-state index in [1.807, 2.05) is 0 Å². The zero-order valence-electron chi connectivity index (χ0n) is 10.2. The second-order valence-electron chi connectivity index (χ2n) is 4.43. The number of anilines is 1. The monoisotopic (exact) mass is 285 g/mol. The number of alkyl halides is 3. The fraction of sp³-hybridized carbons (Fsp3) is 0.455. The first kappa shape index (κ1) is 12.8. The van der Waals surface area contributed by atoms with Gasteiger partial charge in [-0.3, -0.25) is 0 Å². The van der Waals surface area contributed by atoms with Crippen molar-refractivity contribution >= 4 is 5.95 Å². The van der Waals surface area contributed by atoms with E-state index in [4.69, 9.17) is 4.42 Å². The lowest BCUT2D eigenvalue weighted by Crippen LogP contribution is -2.11. The molecule has 6 nitrogen and oxygen atoms in total. The largest absolute Gasteiger partial charge is 0.433 e. The summed E-state index contributed by atoms with van der Waals surface area (Å²) < 4.78 is 42.8. The van der Waals surface area contributed by atoms with Crippen LogP contribution in [0.1, 0.15) is 36.2 Å². The molecule has 1 N–H and O–H groups in total. The molecule has 0 spiro atoms. The van der Waals surface area contributed by atoms with Gasteiger partial charge in [0.1, 0.15) is 5.69 Å². The molecule has 0 amide bonds. The maximum atomic E-state index is 12.5. The molecular weight excluding hydrogens is 275 g/mol. The average molecular weight is 285 g/mol. The van der Waals surface area contributed by atoms with E-state index in [2.05, 4.69) is 25.5 Å². The molecule has 0 saturated heterocycles. The van der Waals surface area contributed by atoms with Crippen LogP contribution in [0.5, 0.6) is 0 Å². The Labute approximate surface area is 111 Å². The Bertz CT molecular complexity index is 608. The minimum Gasteiger partial charge on any atom is -0.423 e. The van der Waals surface area contributed by atoms with Crippen molar-refractivity contribution in [3.8, 4) is 0 Å². The number of rotatable bonds is 4. The van der Waals surface area contributed by atoms with Crippen LogP contribution in [0.25, 0.3) is 0 Å². The van der Waals surface area contributed by atoms with Gasteiger partial charge in [0.05, 0.1) is 6.54 Å². The van der Waals surface area contributed by atoms with Gasteiger partial charge in [-0.2, -0.15) is 13.2 Å². The lowest BCUT2D eigenvalue weighted by Gasteiger charge is -2.07. The van der Waals surface area contributed by atoms with E-state index in [1.54, 1.807) is 0 Å². The van der Waals surface area contributed by atoms with Crippen molar-refractivity contribution in [1.82, 2.24) is 20.2 Å². The first-order valence-corrected chi connectivity index (χ1v) is 5.99. The van der Waals surface area contributed by atoms with Crippen LogP contribution in [0.15, 0.2) is 16.7 Å². The second-order valence-corrected chi connectivity index (χ2v) is 4.43. The van der Waals surface area contributed by atoms with Crippen LogP contribution in [-0.2, 0) is 12.7 Å². The molecule has 2 aromatic rings. The number of nitrogens with one attached hydrogen (secondary N) is 1. The minimum atomic E-state index is -4.50. The predicted octanol–water partition coefficient (Wildman–Crippen LogP) is 2.37. The van der Waals surface area contributed by atoms with Gasteiger partial charge in [-0.1, -0.05) is 0 Å². The van der Waals surface area contributed by atoms with Crippen molar-refractivity contribution in [2.24, 2.45) is 0 Å². The Kier molecular flexibility index (Phi) is 3.03. The van der Waals surface area contributed by atoms with E-state index in [9.17, 15) is 13.2 Å². The topological polar surface area (TPSA) is 76.7 Å². The zero-order valence-corrected chi connectivity index (χ0v) is 10.2. The first-order valence-electron chi connectivity index (χ1n) is 5.99. The van der Waals surface area contributed by atoms with Gasteiger partial charge in [-0.25, -0.2) is 9.97 Å². The second kappa shape index (κ2) is 4.73. The highest BCUT2D eigenvalue weighted by Gasteiger charge is 2.33. The molecule has 1 aliphatic rings. The summed E-state index contributed by atoms with van der Waals surface area (Å²) in [5.74, 6) is 1.08. The predicted molar refractivity (Wildman–Crippen MR) is 60.6 cm³/mol. The highest BCUT2D eigenvalue weighted by Crippen LogP contribution is 2.39. The molecule has 0 unspecified atom stereocenters. The van der Waals surface area contributed by atoms with Gasteiger partial charge in [0.15, 0.2) is 0 Å². The maximum Gasteiger partial charge on any atom is 0.433 e. The SMILES string of the molecule is FC(F)(F)c1ccnc(NCc2nnc(C3CC3)o2)n1. The van der Waals surface area contributed by atoms with Gasteiger partial charge >= 0.3 is 6.18 Å². The molecule has 1 saturated carbocycles. The molecule has 0 atom stereocenters. The fourth-order valence-electron chi connectivity index (χ4n) is 1.59. The summed E-state index contributed by atoms with van der Waals surface area (Å²) in [4.78, 5) is 7.09. The van der Waals surface area contributed by atoms with Gasteiger partial charge in [0.25, 0.3) is 0 Å². The van der Waals surface area contributed by atoms with Crippen LogP contribution < -0.4 is 5.32 Å². The molecule has 106 valence electrons. The molecule has 9 heteroatoms. The number of halogens is 3. The number of aromatic nitrogens is 4. The van der Waals surface area contributed by atoms with Gasteiger partial charge < -0.3 is 9.73 Å². The molecule has 1 aliphatic carbocycles. The molecule has 2 aromatic heterocycles.